The maximum atomic E-state index is 12.7. The Bertz CT molecular complexity index is 764. The third-order valence-electron chi connectivity index (χ3n) is 5.12. The summed E-state index contributed by atoms with van der Waals surface area (Å²) in [6.45, 7) is 3.42. The Morgan fingerprint density at radius 3 is 2.54 bits per heavy atom. The van der Waals surface area contributed by atoms with E-state index in [1.165, 1.54) is 12.1 Å². The fraction of sp³-hybridized carbons (Fsp3) is 0.632. The molecule has 9 heteroatoms. The lowest BCUT2D eigenvalue weighted by Gasteiger charge is -2.32. The van der Waals surface area contributed by atoms with Gasteiger partial charge in [0, 0.05) is 32.0 Å². The fourth-order valence-electron chi connectivity index (χ4n) is 3.51. The summed E-state index contributed by atoms with van der Waals surface area (Å²) >= 11 is 0. The van der Waals surface area contributed by atoms with Crippen molar-refractivity contribution in [2.45, 2.75) is 30.6 Å². The molecule has 1 amide bonds. The molecule has 1 saturated heterocycles. The van der Waals surface area contributed by atoms with Crippen molar-refractivity contribution < 1.29 is 22.7 Å². The molecule has 3 rings (SSSR count). The number of likely N-dealkylation sites (tertiary alicyclic amines) is 1. The number of amides is 1. The van der Waals surface area contributed by atoms with E-state index in [1.54, 1.807) is 11.0 Å². The van der Waals surface area contributed by atoms with Crippen molar-refractivity contribution in [1.82, 2.24) is 10.2 Å². The second-order valence-corrected chi connectivity index (χ2v) is 9.22. The predicted octanol–water partition coefficient (Wildman–Crippen LogP) is 1.89. The number of halogens is 1. The van der Waals surface area contributed by atoms with Gasteiger partial charge < -0.3 is 19.7 Å². The van der Waals surface area contributed by atoms with E-state index in [9.17, 15) is 13.2 Å². The number of benzene rings is 1. The van der Waals surface area contributed by atoms with E-state index in [1.807, 2.05) is 7.05 Å². The summed E-state index contributed by atoms with van der Waals surface area (Å²) in [4.78, 5) is 14.4. The van der Waals surface area contributed by atoms with E-state index in [2.05, 4.69) is 5.32 Å². The van der Waals surface area contributed by atoms with Gasteiger partial charge in [-0.1, -0.05) is 0 Å². The molecule has 1 aromatic rings. The lowest BCUT2D eigenvalue weighted by Crippen LogP contribution is -2.40. The van der Waals surface area contributed by atoms with E-state index in [0.29, 0.717) is 43.7 Å². The molecule has 28 heavy (non-hydrogen) atoms. The van der Waals surface area contributed by atoms with Gasteiger partial charge in [-0.3, -0.25) is 4.79 Å². The van der Waals surface area contributed by atoms with E-state index < -0.39 is 9.84 Å². The van der Waals surface area contributed by atoms with Crippen LogP contribution in [-0.4, -0.2) is 64.9 Å². The van der Waals surface area contributed by atoms with Crippen LogP contribution in [-0.2, 0) is 14.6 Å². The first kappa shape index (κ1) is 22.8. The van der Waals surface area contributed by atoms with Crippen molar-refractivity contribution in [3.63, 3.8) is 0 Å². The summed E-state index contributed by atoms with van der Waals surface area (Å²) in [5, 5.41) is 3.17. The van der Waals surface area contributed by atoms with Crippen LogP contribution in [0.3, 0.4) is 0 Å². The third kappa shape index (κ3) is 5.75. The number of nitrogens with zero attached hydrogens (tertiary/aromatic N) is 1. The highest BCUT2D eigenvalue weighted by atomic mass is 35.5. The van der Waals surface area contributed by atoms with Gasteiger partial charge in [0.2, 0.25) is 5.91 Å². The zero-order valence-electron chi connectivity index (χ0n) is 16.2. The van der Waals surface area contributed by atoms with Gasteiger partial charge in [0.15, 0.2) is 21.3 Å². The van der Waals surface area contributed by atoms with Crippen LogP contribution in [0.1, 0.15) is 25.7 Å². The molecule has 1 fully saturated rings. The fourth-order valence-corrected chi connectivity index (χ4v) is 4.75. The maximum absolute atomic E-state index is 12.7. The number of hydrogen-bond donors (Lipinski definition) is 1. The molecule has 0 saturated carbocycles. The topological polar surface area (TPSA) is 84.9 Å². The van der Waals surface area contributed by atoms with E-state index in [4.69, 9.17) is 9.47 Å². The smallest absolute Gasteiger partial charge is 0.223 e. The summed E-state index contributed by atoms with van der Waals surface area (Å²) in [5.41, 5.74) is 0. The van der Waals surface area contributed by atoms with E-state index in [-0.39, 0.29) is 35.4 Å². The van der Waals surface area contributed by atoms with E-state index in [0.717, 1.165) is 25.8 Å². The average Bonchev–Trinajstić information content (AvgIpc) is 2.92. The Kier molecular flexibility index (Phi) is 8.39. The molecule has 0 unspecified atom stereocenters. The molecule has 0 radical (unpaired) electrons. The Morgan fingerprint density at radius 2 is 1.86 bits per heavy atom. The second kappa shape index (κ2) is 10.3. The van der Waals surface area contributed by atoms with Gasteiger partial charge in [-0.15, -0.1) is 12.4 Å². The Balaban J connectivity index is 0.00000280. The maximum Gasteiger partial charge on any atom is 0.223 e. The second-order valence-electron chi connectivity index (χ2n) is 7.11. The number of hydrogen-bond acceptors (Lipinski definition) is 6. The van der Waals surface area contributed by atoms with Crippen molar-refractivity contribution in [1.29, 1.82) is 0 Å². The summed E-state index contributed by atoms with van der Waals surface area (Å²) < 4.78 is 36.4. The number of sulfone groups is 1. The van der Waals surface area contributed by atoms with Gasteiger partial charge in [0.25, 0.3) is 0 Å². The number of carbonyl (C=O) groups excluding carboxylic acids is 1. The Morgan fingerprint density at radius 1 is 1.18 bits per heavy atom. The summed E-state index contributed by atoms with van der Waals surface area (Å²) in [5.74, 6) is 1.32. The predicted molar refractivity (Wildman–Crippen MR) is 109 cm³/mol. The zero-order valence-corrected chi connectivity index (χ0v) is 17.8. The molecule has 0 spiro atoms. The quantitative estimate of drug-likeness (QED) is 0.738. The molecule has 158 valence electrons. The first-order valence-corrected chi connectivity index (χ1v) is 11.2. The highest BCUT2D eigenvalue weighted by Gasteiger charge is 2.25. The molecular formula is C19H29ClN2O5S. The number of piperidine rings is 1. The number of nitrogens with one attached hydrogen (secondary N) is 1. The van der Waals surface area contributed by atoms with E-state index >= 15 is 0 Å². The highest BCUT2D eigenvalue weighted by Crippen LogP contribution is 2.32. The van der Waals surface area contributed by atoms with Crippen LogP contribution < -0.4 is 14.8 Å². The molecule has 2 aliphatic heterocycles. The number of rotatable bonds is 6. The molecular weight excluding hydrogens is 404 g/mol. The summed E-state index contributed by atoms with van der Waals surface area (Å²) in [7, 11) is -1.62. The van der Waals surface area contributed by atoms with Crippen LogP contribution in [0, 0.1) is 5.92 Å². The minimum atomic E-state index is -3.55. The molecule has 0 atom stereocenters. The van der Waals surface area contributed by atoms with Gasteiger partial charge in [0.1, 0.15) is 0 Å². The monoisotopic (exact) mass is 432 g/mol. The molecule has 1 N–H and O–H groups in total. The number of fused-ring (bicyclic) bond motifs is 1. The largest absolute Gasteiger partial charge is 0.490 e. The summed E-state index contributed by atoms with van der Waals surface area (Å²) in [6, 6.07) is 4.65. The standard InChI is InChI=1S/C19H28N2O5S.ClH/c1-20-14-15-5-8-21(9-6-15)19(22)7-12-27(23,24)16-3-4-17-18(13-16)26-11-2-10-25-17;/h3-4,13,15,20H,2,5-12,14H2,1H3;1H. The summed E-state index contributed by atoms with van der Waals surface area (Å²) in [6.07, 6.45) is 2.69. The lowest BCUT2D eigenvalue weighted by atomic mass is 9.97. The molecule has 2 heterocycles. The SMILES string of the molecule is CNCC1CCN(C(=O)CCS(=O)(=O)c2ccc3c(c2)OCCCO3)CC1.Cl. The van der Waals surface area contributed by atoms with Crippen LogP contribution in [0.4, 0.5) is 0 Å². The van der Waals surface area contributed by atoms with Crippen molar-refractivity contribution >= 4 is 28.2 Å². The van der Waals surface area contributed by atoms with Crippen LogP contribution in [0.2, 0.25) is 0 Å². The Hall–Kier alpha value is -1.51. The van der Waals surface area contributed by atoms with Crippen molar-refractivity contribution in [3.05, 3.63) is 18.2 Å². The first-order valence-electron chi connectivity index (χ1n) is 9.54. The molecule has 0 aromatic heterocycles. The third-order valence-corrected chi connectivity index (χ3v) is 6.84. The molecule has 1 aromatic carbocycles. The lowest BCUT2D eigenvalue weighted by molar-refractivity contribution is -0.132. The molecule has 2 aliphatic rings. The van der Waals surface area contributed by atoms with Crippen molar-refractivity contribution in [3.8, 4) is 11.5 Å². The highest BCUT2D eigenvalue weighted by molar-refractivity contribution is 7.91. The molecule has 0 bridgehead atoms. The zero-order chi connectivity index (χ0) is 19.3. The normalized spacial score (nSPS) is 17.5. The Labute approximate surface area is 173 Å². The first-order chi connectivity index (χ1) is 13.0. The van der Waals surface area contributed by atoms with Crippen LogP contribution in [0.15, 0.2) is 23.1 Å². The molecule has 7 nitrogen and oxygen atoms in total. The van der Waals surface area contributed by atoms with Gasteiger partial charge in [-0.05, 0) is 44.5 Å². The van der Waals surface area contributed by atoms with Gasteiger partial charge in [0.05, 0.1) is 23.9 Å². The average molecular weight is 433 g/mol. The van der Waals surface area contributed by atoms with Crippen LogP contribution in [0.25, 0.3) is 0 Å². The van der Waals surface area contributed by atoms with Crippen LogP contribution >= 0.6 is 12.4 Å². The minimum absolute atomic E-state index is 0. The van der Waals surface area contributed by atoms with Crippen LogP contribution in [0.5, 0.6) is 11.5 Å². The van der Waals surface area contributed by atoms with Crippen molar-refractivity contribution in [2.24, 2.45) is 5.92 Å². The van der Waals surface area contributed by atoms with Gasteiger partial charge in [-0.2, -0.15) is 0 Å². The number of ether oxygens (including phenoxy) is 2. The van der Waals surface area contributed by atoms with Crippen molar-refractivity contribution in [2.75, 3.05) is 45.6 Å². The van der Waals surface area contributed by atoms with Gasteiger partial charge >= 0.3 is 0 Å². The minimum Gasteiger partial charge on any atom is -0.490 e. The number of carbonyl (C=O) groups is 1. The van der Waals surface area contributed by atoms with Gasteiger partial charge in [-0.25, -0.2) is 8.42 Å². The molecule has 0 aliphatic carbocycles.